The van der Waals surface area contributed by atoms with E-state index in [4.69, 9.17) is 14.2 Å². The molecule has 5 heteroatoms. The van der Waals surface area contributed by atoms with Crippen LogP contribution in [0.15, 0.2) is 24.3 Å². The van der Waals surface area contributed by atoms with Gasteiger partial charge in [-0.3, -0.25) is 0 Å². The van der Waals surface area contributed by atoms with Gasteiger partial charge >= 0.3 is 6.16 Å². The van der Waals surface area contributed by atoms with Gasteiger partial charge in [0.25, 0.3) is 0 Å². The molecule has 1 aromatic carbocycles. The molecule has 170 valence electrons. The molecule has 1 saturated carbocycles. The fraction of sp³-hybridized carbons (Fsp3) is 0.720. The molecule has 0 atom stereocenters. The predicted octanol–water partition coefficient (Wildman–Crippen LogP) is 6.51. The van der Waals surface area contributed by atoms with Crippen LogP contribution in [-0.4, -0.2) is 30.6 Å². The van der Waals surface area contributed by atoms with Crippen molar-refractivity contribution in [3.63, 3.8) is 0 Å². The molecule has 0 saturated heterocycles. The molecule has 1 aliphatic carbocycles. The van der Waals surface area contributed by atoms with Crippen LogP contribution in [0.3, 0.4) is 0 Å². The van der Waals surface area contributed by atoms with Crippen LogP contribution in [0, 0.1) is 0 Å². The summed E-state index contributed by atoms with van der Waals surface area (Å²) < 4.78 is 16.3. The molecule has 0 aliphatic heterocycles. The molecule has 1 aromatic rings. The van der Waals surface area contributed by atoms with Crippen LogP contribution in [0.4, 0.5) is 4.79 Å². The molecule has 5 nitrogen and oxygen atoms in total. The second kappa shape index (κ2) is 13.5. The van der Waals surface area contributed by atoms with E-state index < -0.39 is 11.8 Å². The Morgan fingerprint density at radius 1 is 0.933 bits per heavy atom. The number of aliphatic hydroxyl groups is 1. The van der Waals surface area contributed by atoms with E-state index in [9.17, 15) is 9.90 Å². The number of hydrogen-bond acceptors (Lipinski definition) is 5. The van der Waals surface area contributed by atoms with E-state index in [-0.39, 0.29) is 6.10 Å². The zero-order chi connectivity index (χ0) is 21.7. The zero-order valence-corrected chi connectivity index (χ0v) is 18.9. The smallest absolute Gasteiger partial charge is 0.494 e. The van der Waals surface area contributed by atoms with E-state index >= 15 is 0 Å². The van der Waals surface area contributed by atoms with Gasteiger partial charge in [0.2, 0.25) is 0 Å². The second-order valence-corrected chi connectivity index (χ2v) is 8.44. The summed E-state index contributed by atoms with van der Waals surface area (Å²) in [5.74, 6) is 0.850. The largest absolute Gasteiger partial charge is 0.508 e. The predicted molar refractivity (Wildman–Crippen MR) is 119 cm³/mol. The van der Waals surface area contributed by atoms with Gasteiger partial charge < -0.3 is 19.3 Å². The van der Waals surface area contributed by atoms with Crippen molar-refractivity contribution in [2.75, 3.05) is 13.2 Å². The molecule has 0 radical (unpaired) electrons. The van der Waals surface area contributed by atoms with Crippen LogP contribution >= 0.6 is 0 Å². The lowest BCUT2D eigenvalue weighted by Gasteiger charge is -2.36. The minimum Gasteiger partial charge on any atom is -0.494 e. The van der Waals surface area contributed by atoms with Gasteiger partial charge in [0.1, 0.15) is 11.9 Å². The molecule has 1 fully saturated rings. The molecule has 2 rings (SSSR count). The van der Waals surface area contributed by atoms with E-state index in [0.29, 0.717) is 32.3 Å². The molecule has 1 aliphatic rings. The van der Waals surface area contributed by atoms with E-state index in [0.717, 1.165) is 37.2 Å². The summed E-state index contributed by atoms with van der Waals surface area (Å²) >= 11 is 0. The molecule has 0 spiro atoms. The van der Waals surface area contributed by atoms with Crippen LogP contribution in [0.5, 0.6) is 5.75 Å². The van der Waals surface area contributed by atoms with E-state index in [1.807, 2.05) is 31.2 Å². The molecule has 0 aromatic heterocycles. The minimum absolute atomic E-state index is 0.181. The van der Waals surface area contributed by atoms with Crippen LogP contribution < -0.4 is 4.74 Å². The Balaban J connectivity index is 1.70. The average Bonchev–Trinajstić information content (AvgIpc) is 2.75. The summed E-state index contributed by atoms with van der Waals surface area (Å²) in [6, 6.07) is 7.80. The van der Waals surface area contributed by atoms with Gasteiger partial charge in [-0.25, -0.2) is 4.79 Å². The summed E-state index contributed by atoms with van der Waals surface area (Å²) in [5, 5.41) is 11.1. The Bertz CT molecular complexity index is 590. The summed E-state index contributed by atoms with van der Waals surface area (Å²) in [6.07, 6.45) is 10.9. The number of unbranched alkanes of at least 4 members (excludes halogenated alkanes) is 6. The number of carbonyl (C=O) groups is 1. The van der Waals surface area contributed by atoms with Crippen LogP contribution in [-0.2, 0) is 15.1 Å². The maximum atomic E-state index is 11.7. The Labute approximate surface area is 182 Å². The molecule has 0 heterocycles. The topological polar surface area (TPSA) is 65.0 Å². The highest BCUT2D eigenvalue weighted by atomic mass is 16.7. The zero-order valence-electron chi connectivity index (χ0n) is 18.9. The Morgan fingerprint density at radius 3 is 2.23 bits per heavy atom. The minimum atomic E-state index is -0.871. The van der Waals surface area contributed by atoms with Crippen molar-refractivity contribution < 1.29 is 24.1 Å². The summed E-state index contributed by atoms with van der Waals surface area (Å²) in [5.41, 5.74) is 0.0300. The third-order valence-electron chi connectivity index (χ3n) is 5.90. The van der Waals surface area contributed by atoms with Crippen LogP contribution in [0.25, 0.3) is 0 Å². The van der Waals surface area contributed by atoms with Crippen molar-refractivity contribution in [2.24, 2.45) is 0 Å². The Morgan fingerprint density at radius 2 is 1.57 bits per heavy atom. The maximum absolute atomic E-state index is 11.7. The number of ether oxygens (including phenoxy) is 3. The molecule has 1 N–H and O–H groups in total. The lowest BCUT2D eigenvalue weighted by molar-refractivity contribution is -0.0537. The Hall–Kier alpha value is -1.75. The van der Waals surface area contributed by atoms with Crippen molar-refractivity contribution in [3.8, 4) is 5.75 Å². The maximum Gasteiger partial charge on any atom is 0.508 e. The van der Waals surface area contributed by atoms with Gasteiger partial charge in [0.15, 0.2) is 0 Å². The highest BCUT2D eigenvalue weighted by molar-refractivity contribution is 5.60. The van der Waals surface area contributed by atoms with Gasteiger partial charge in [0.05, 0.1) is 18.8 Å². The monoisotopic (exact) mass is 420 g/mol. The molecular weight excluding hydrogens is 380 g/mol. The van der Waals surface area contributed by atoms with Crippen molar-refractivity contribution in [3.05, 3.63) is 29.8 Å². The molecular formula is C25H40O5. The summed E-state index contributed by atoms with van der Waals surface area (Å²) in [7, 11) is 0. The third-order valence-corrected chi connectivity index (χ3v) is 5.90. The van der Waals surface area contributed by atoms with E-state index in [2.05, 4.69) is 6.92 Å². The first-order valence-corrected chi connectivity index (χ1v) is 11.9. The van der Waals surface area contributed by atoms with Gasteiger partial charge in [-0.2, -0.15) is 0 Å². The van der Waals surface area contributed by atoms with Gasteiger partial charge in [-0.15, -0.1) is 0 Å². The highest BCUT2D eigenvalue weighted by Gasteiger charge is 2.36. The molecule has 0 unspecified atom stereocenters. The fourth-order valence-electron chi connectivity index (χ4n) is 3.88. The number of rotatable bonds is 13. The van der Waals surface area contributed by atoms with Crippen molar-refractivity contribution >= 4 is 6.16 Å². The van der Waals surface area contributed by atoms with Gasteiger partial charge in [0, 0.05) is 0 Å². The van der Waals surface area contributed by atoms with Gasteiger partial charge in [-0.05, 0) is 56.2 Å². The summed E-state index contributed by atoms with van der Waals surface area (Å²) in [6.45, 7) is 5.42. The number of carbonyl (C=O) groups excluding carboxylic acids is 1. The third kappa shape index (κ3) is 8.55. The lowest BCUT2D eigenvalue weighted by Crippen LogP contribution is -2.35. The molecule has 0 amide bonds. The lowest BCUT2D eigenvalue weighted by atomic mass is 9.78. The quantitative estimate of drug-likeness (QED) is 0.291. The van der Waals surface area contributed by atoms with Crippen molar-refractivity contribution in [1.29, 1.82) is 0 Å². The summed E-state index contributed by atoms with van der Waals surface area (Å²) in [4.78, 5) is 11.7. The van der Waals surface area contributed by atoms with Crippen LogP contribution in [0.2, 0.25) is 0 Å². The SMILES string of the molecule is CCCCCCCCOc1ccc(C2(O)CCC(OC(=O)OCCCC)CC2)cc1. The molecule has 30 heavy (non-hydrogen) atoms. The first-order valence-electron chi connectivity index (χ1n) is 11.9. The van der Waals surface area contributed by atoms with Crippen LogP contribution in [0.1, 0.15) is 96.5 Å². The first kappa shape index (κ1) is 24.5. The van der Waals surface area contributed by atoms with Gasteiger partial charge in [-0.1, -0.05) is 64.5 Å². The Kier molecular flexibility index (Phi) is 11.1. The van der Waals surface area contributed by atoms with Crippen molar-refractivity contribution in [1.82, 2.24) is 0 Å². The normalized spacial score (nSPS) is 21.2. The standard InChI is InChI=1S/C25H40O5/c1-3-5-7-8-9-10-20-28-22-13-11-21(12-14-22)25(27)17-15-23(16-18-25)30-24(26)29-19-6-4-2/h11-14,23,27H,3-10,15-20H2,1-2H3. The first-order chi connectivity index (χ1) is 14.6. The highest BCUT2D eigenvalue weighted by Crippen LogP contribution is 2.38. The number of benzene rings is 1. The van der Waals surface area contributed by atoms with E-state index in [1.165, 1.54) is 32.1 Å². The average molecular weight is 421 g/mol. The number of hydrogen-bond donors (Lipinski definition) is 1. The second-order valence-electron chi connectivity index (χ2n) is 8.44. The van der Waals surface area contributed by atoms with Crippen molar-refractivity contribution in [2.45, 2.75) is 103 Å². The molecule has 0 bridgehead atoms. The fourth-order valence-corrected chi connectivity index (χ4v) is 3.88. The van der Waals surface area contributed by atoms with E-state index in [1.54, 1.807) is 0 Å².